The molecular weight excluding hydrogens is 421 g/mol. The molecule has 0 amide bonds. The van der Waals surface area contributed by atoms with Crippen molar-refractivity contribution in [2.75, 3.05) is 5.43 Å². The number of nitrogens with one attached hydrogen (secondary N) is 2. The molecule has 1 aliphatic rings. The van der Waals surface area contributed by atoms with E-state index in [1.807, 2.05) is 18.2 Å². The third-order valence-corrected chi connectivity index (χ3v) is 5.66. The fraction of sp³-hybridized carbons (Fsp3) is 0.0909. The Morgan fingerprint density at radius 3 is 2.80 bits per heavy atom. The molecule has 0 saturated heterocycles. The Labute approximate surface area is 181 Å². The van der Waals surface area contributed by atoms with E-state index in [9.17, 15) is 4.79 Å². The summed E-state index contributed by atoms with van der Waals surface area (Å²) in [4.78, 5) is 24.6. The first-order chi connectivity index (χ1) is 14.6. The van der Waals surface area contributed by atoms with Crippen LogP contribution >= 0.6 is 23.2 Å². The van der Waals surface area contributed by atoms with Crippen molar-refractivity contribution in [3.8, 4) is 11.1 Å². The van der Waals surface area contributed by atoms with Crippen molar-refractivity contribution in [2.45, 2.75) is 12.8 Å². The van der Waals surface area contributed by atoms with Crippen LogP contribution in [0.5, 0.6) is 0 Å². The summed E-state index contributed by atoms with van der Waals surface area (Å²) < 4.78 is 0. The summed E-state index contributed by atoms with van der Waals surface area (Å²) in [5, 5.41) is 5.62. The van der Waals surface area contributed by atoms with Gasteiger partial charge in [0.05, 0.1) is 16.6 Å². The number of benzene rings is 2. The summed E-state index contributed by atoms with van der Waals surface area (Å²) in [7, 11) is 0. The molecule has 0 radical (unpaired) electrons. The minimum Gasteiger partial charge on any atom is -0.291 e. The fourth-order valence-corrected chi connectivity index (χ4v) is 4.17. The molecule has 0 atom stereocenters. The SMILES string of the molecule is O=c1[nH]c(N/N=C/c2ccc(Cl)cc2Cl)nc2ncc3c(c12)-c1ccccc1CC3. The number of halogens is 2. The van der Waals surface area contributed by atoms with E-state index >= 15 is 0 Å². The van der Waals surface area contributed by atoms with Crippen LogP contribution in [0.3, 0.4) is 0 Å². The molecule has 4 aromatic rings. The molecule has 0 spiro atoms. The Balaban J connectivity index is 1.53. The zero-order chi connectivity index (χ0) is 20.7. The number of aryl methyl sites for hydroxylation is 2. The second-order valence-electron chi connectivity index (χ2n) is 6.96. The molecule has 0 aliphatic heterocycles. The van der Waals surface area contributed by atoms with Crippen molar-refractivity contribution in [3.63, 3.8) is 0 Å². The Morgan fingerprint density at radius 1 is 1.10 bits per heavy atom. The van der Waals surface area contributed by atoms with Gasteiger partial charge in [-0.15, -0.1) is 0 Å². The average Bonchev–Trinajstić information content (AvgIpc) is 2.74. The third-order valence-electron chi connectivity index (χ3n) is 5.10. The highest BCUT2D eigenvalue weighted by Crippen LogP contribution is 2.36. The lowest BCUT2D eigenvalue weighted by Gasteiger charge is -2.20. The van der Waals surface area contributed by atoms with Crippen LogP contribution in [0, 0.1) is 0 Å². The second-order valence-corrected chi connectivity index (χ2v) is 7.81. The third kappa shape index (κ3) is 3.34. The van der Waals surface area contributed by atoms with Crippen LogP contribution in [0.1, 0.15) is 16.7 Å². The largest absolute Gasteiger partial charge is 0.291 e. The number of fused-ring (bicyclic) bond motifs is 5. The van der Waals surface area contributed by atoms with Gasteiger partial charge in [0.1, 0.15) is 0 Å². The molecule has 0 saturated carbocycles. The van der Waals surface area contributed by atoms with E-state index in [0.717, 1.165) is 29.5 Å². The van der Waals surface area contributed by atoms with Gasteiger partial charge in [0.25, 0.3) is 5.56 Å². The number of hydrogen-bond donors (Lipinski definition) is 2. The highest BCUT2D eigenvalue weighted by Gasteiger charge is 2.21. The lowest BCUT2D eigenvalue weighted by Crippen LogP contribution is -2.16. The van der Waals surface area contributed by atoms with Gasteiger partial charge in [-0.25, -0.2) is 10.4 Å². The maximum atomic E-state index is 12.9. The second kappa shape index (κ2) is 7.55. The number of nitrogens with zero attached hydrogens (tertiary/aromatic N) is 3. The van der Waals surface area contributed by atoms with E-state index in [1.54, 1.807) is 24.4 Å². The highest BCUT2D eigenvalue weighted by molar-refractivity contribution is 6.36. The van der Waals surface area contributed by atoms with E-state index in [4.69, 9.17) is 23.2 Å². The lowest BCUT2D eigenvalue weighted by atomic mass is 9.85. The van der Waals surface area contributed by atoms with Crippen molar-refractivity contribution < 1.29 is 0 Å². The molecule has 6 nitrogen and oxygen atoms in total. The minimum absolute atomic E-state index is 0.199. The number of hydrazone groups is 1. The smallest absolute Gasteiger partial charge is 0.262 e. The molecule has 5 rings (SSSR count). The van der Waals surface area contributed by atoms with Gasteiger partial charge in [0, 0.05) is 22.3 Å². The number of H-pyrrole nitrogens is 1. The highest BCUT2D eigenvalue weighted by atomic mass is 35.5. The average molecular weight is 436 g/mol. The standard InChI is InChI=1S/C22H15Cl2N5O/c23-15-8-7-13(17(24)9-15)11-26-29-22-27-20-19(21(30)28-22)18-14(10-25-20)6-5-12-3-1-2-4-16(12)18/h1-4,7-11H,5-6H2,(H2,25,27,28,29,30)/b26-11+. The summed E-state index contributed by atoms with van der Waals surface area (Å²) in [6, 6.07) is 13.2. The van der Waals surface area contributed by atoms with Gasteiger partial charge in [-0.2, -0.15) is 10.1 Å². The predicted molar refractivity (Wildman–Crippen MR) is 121 cm³/mol. The van der Waals surface area contributed by atoms with Gasteiger partial charge < -0.3 is 0 Å². The first-order valence-corrected chi connectivity index (χ1v) is 10.1. The number of anilines is 1. The Hall–Kier alpha value is -3.22. The molecule has 0 unspecified atom stereocenters. The topological polar surface area (TPSA) is 83.0 Å². The van der Waals surface area contributed by atoms with Crippen molar-refractivity contribution in [1.82, 2.24) is 15.0 Å². The van der Waals surface area contributed by atoms with Gasteiger partial charge >= 0.3 is 0 Å². The molecule has 1 aliphatic carbocycles. The molecule has 2 aromatic carbocycles. The molecule has 148 valence electrons. The van der Waals surface area contributed by atoms with E-state index in [2.05, 4.69) is 31.5 Å². The molecular formula is C22H15Cl2N5O. The first-order valence-electron chi connectivity index (χ1n) is 9.34. The zero-order valence-electron chi connectivity index (χ0n) is 15.6. The molecule has 2 heterocycles. The summed E-state index contributed by atoms with van der Waals surface area (Å²) in [5.41, 5.74) is 7.80. The van der Waals surface area contributed by atoms with Crippen molar-refractivity contribution in [3.05, 3.63) is 85.8 Å². The van der Waals surface area contributed by atoms with Crippen LogP contribution in [0.4, 0.5) is 5.95 Å². The number of aromatic nitrogens is 3. The molecule has 2 aromatic heterocycles. The molecule has 2 N–H and O–H groups in total. The summed E-state index contributed by atoms with van der Waals surface area (Å²) in [6.45, 7) is 0. The number of rotatable bonds is 3. The van der Waals surface area contributed by atoms with Crippen molar-refractivity contribution >= 4 is 46.4 Å². The molecule has 0 bridgehead atoms. The molecule has 8 heteroatoms. The predicted octanol–water partition coefficient (Wildman–Crippen LogP) is 4.84. The van der Waals surface area contributed by atoms with Crippen LogP contribution in [0.15, 0.2) is 58.6 Å². The quantitative estimate of drug-likeness (QED) is 0.356. The molecule has 30 heavy (non-hydrogen) atoms. The maximum absolute atomic E-state index is 12.9. The summed E-state index contributed by atoms with van der Waals surface area (Å²) >= 11 is 12.0. The maximum Gasteiger partial charge on any atom is 0.262 e. The van der Waals surface area contributed by atoms with Gasteiger partial charge in [0.2, 0.25) is 5.95 Å². The van der Waals surface area contributed by atoms with Crippen LogP contribution in [0.2, 0.25) is 10.0 Å². The first kappa shape index (κ1) is 18.8. The number of hydrogen-bond acceptors (Lipinski definition) is 5. The Bertz CT molecular complexity index is 1380. The Kier molecular flexibility index (Phi) is 4.73. The van der Waals surface area contributed by atoms with Crippen molar-refractivity contribution in [1.29, 1.82) is 0 Å². The van der Waals surface area contributed by atoms with Crippen LogP contribution < -0.4 is 11.0 Å². The van der Waals surface area contributed by atoms with Gasteiger partial charge in [-0.1, -0.05) is 53.5 Å². The normalized spacial score (nSPS) is 12.7. The number of pyridine rings is 1. The lowest BCUT2D eigenvalue weighted by molar-refractivity contribution is 0.934. The molecule has 0 fully saturated rings. The Morgan fingerprint density at radius 2 is 1.93 bits per heavy atom. The van der Waals surface area contributed by atoms with Gasteiger partial charge in [-0.3, -0.25) is 9.78 Å². The van der Waals surface area contributed by atoms with E-state index in [1.165, 1.54) is 11.8 Å². The van der Waals surface area contributed by atoms with Gasteiger partial charge in [0.15, 0.2) is 5.65 Å². The van der Waals surface area contributed by atoms with Crippen LogP contribution in [0.25, 0.3) is 22.2 Å². The van der Waals surface area contributed by atoms with Crippen molar-refractivity contribution in [2.24, 2.45) is 5.10 Å². The van der Waals surface area contributed by atoms with Crippen LogP contribution in [-0.4, -0.2) is 21.2 Å². The zero-order valence-corrected chi connectivity index (χ0v) is 17.1. The summed E-state index contributed by atoms with van der Waals surface area (Å²) in [6.07, 6.45) is 5.12. The monoisotopic (exact) mass is 435 g/mol. The van der Waals surface area contributed by atoms with E-state index < -0.39 is 0 Å². The van der Waals surface area contributed by atoms with Gasteiger partial charge in [-0.05, 0) is 41.7 Å². The van der Waals surface area contributed by atoms with E-state index in [0.29, 0.717) is 26.6 Å². The van der Waals surface area contributed by atoms with Crippen LogP contribution in [-0.2, 0) is 12.8 Å². The fourth-order valence-electron chi connectivity index (χ4n) is 3.72. The van der Waals surface area contributed by atoms with E-state index in [-0.39, 0.29) is 11.5 Å². The summed E-state index contributed by atoms with van der Waals surface area (Å²) in [5.74, 6) is 0.199. The number of aromatic amines is 1. The minimum atomic E-state index is -0.261.